The molecule has 18 heavy (non-hydrogen) atoms. The van der Waals surface area contributed by atoms with Crippen molar-refractivity contribution < 1.29 is 4.79 Å². The van der Waals surface area contributed by atoms with Crippen molar-refractivity contribution in [3.05, 3.63) is 28.1 Å². The zero-order chi connectivity index (χ0) is 13.1. The van der Waals surface area contributed by atoms with Crippen LogP contribution in [0.5, 0.6) is 0 Å². The molecule has 2 rings (SSSR count). The fourth-order valence-corrected chi connectivity index (χ4v) is 2.87. The highest BCUT2D eigenvalue weighted by Gasteiger charge is 2.15. The van der Waals surface area contributed by atoms with Gasteiger partial charge in [0.25, 0.3) is 5.91 Å². The zero-order valence-electron chi connectivity index (χ0n) is 9.71. The van der Waals surface area contributed by atoms with Crippen molar-refractivity contribution in [1.82, 2.24) is 5.32 Å². The molecule has 1 amide bonds. The van der Waals surface area contributed by atoms with Crippen molar-refractivity contribution in [2.24, 2.45) is 0 Å². The lowest BCUT2D eigenvalue weighted by Gasteiger charge is -1.99. The second kappa shape index (κ2) is 5.30. The average molecular weight is 279 g/mol. The van der Waals surface area contributed by atoms with Crippen molar-refractivity contribution in [2.45, 2.75) is 6.92 Å². The topological polar surface area (TPSA) is 55.1 Å². The van der Waals surface area contributed by atoms with Gasteiger partial charge in [0, 0.05) is 15.1 Å². The van der Waals surface area contributed by atoms with E-state index in [2.05, 4.69) is 17.2 Å². The van der Waals surface area contributed by atoms with E-state index in [-0.39, 0.29) is 5.91 Å². The van der Waals surface area contributed by atoms with E-state index in [1.54, 1.807) is 19.1 Å². The normalized spacial score (nSPS) is 9.89. The van der Waals surface area contributed by atoms with Crippen LogP contribution in [-0.4, -0.2) is 12.5 Å². The molecule has 92 valence electrons. The van der Waals surface area contributed by atoms with E-state index in [9.17, 15) is 4.79 Å². The van der Waals surface area contributed by atoms with Gasteiger partial charge in [0.05, 0.1) is 12.2 Å². The first kappa shape index (κ1) is 12.7. The Morgan fingerprint density at radius 2 is 2.33 bits per heavy atom. The number of nitrogens with one attached hydrogen (secondary N) is 1. The van der Waals surface area contributed by atoms with Gasteiger partial charge in [0.1, 0.15) is 4.88 Å². The standard InChI is InChI=1S/C13H11ClN2OS/c1-2-3-6-16-13(17)12-11(15)9-5-4-8(14)7-10(9)18-12/h4-5,7H,6,15H2,1H3,(H,16,17). The first-order valence-corrected chi connectivity index (χ1v) is 6.48. The maximum absolute atomic E-state index is 11.9. The molecule has 0 atom stereocenters. The van der Waals surface area contributed by atoms with Gasteiger partial charge in [-0.15, -0.1) is 17.3 Å². The van der Waals surface area contributed by atoms with E-state index in [0.717, 1.165) is 10.1 Å². The monoisotopic (exact) mass is 278 g/mol. The third-order valence-electron chi connectivity index (χ3n) is 2.41. The molecule has 3 nitrogen and oxygen atoms in total. The summed E-state index contributed by atoms with van der Waals surface area (Å²) in [5.41, 5.74) is 6.46. The summed E-state index contributed by atoms with van der Waals surface area (Å²) < 4.78 is 0.909. The lowest BCUT2D eigenvalue weighted by Crippen LogP contribution is -2.23. The van der Waals surface area contributed by atoms with Gasteiger partial charge in [-0.2, -0.15) is 0 Å². The molecule has 0 aliphatic rings. The lowest BCUT2D eigenvalue weighted by atomic mass is 10.2. The van der Waals surface area contributed by atoms with Crippen LogP contribution in [0.3, 0.4) is 0 Å². The van der Waals surface area contributed by atoms with Crippen LogP contribution in [0.15, 0.2) is 18.2 Å². The molecular weight excluding hydrogens is 268 g/mol. The third-order valence-corrected chi connectivity index (χ3v) is 3.81. The number of benzene rings is 1. The quantitative estimate of drug-likeness (QED) is 0.830. The molecule has 0 fully saturated rings. The molecule has 0 aliphatic heterocycles. The minimum absolute atomic E-state index is 0.201. The highest BCUT2D eigenvalue weighted by atomic mass is 35.5. The van der Waals surface area contributed by atoms with E-state index in [0.29, 0.717) is 22.1 Å². The second-order valence-corrected chi connectivity index (χ2v) is 5.08. The summed E-state index contributed by atoms with van der Waals surface area (Å²) in [4.78, 5) is 12.4. The van der Waals surface area contributed by atoms with Crippen LogP contribution in [0.2, 0.25) is 5.02 Å². The average Bonchev–Trinajstić information content (AvgIpc) is 2.66. The zero-order valence-corrected chi connectivity index (χ0v) is 11.3. The summed E-state index contributed by atoms with van der Waals surface area (Å²) in [5.74, 6) is 5.28. The second-order valence-electron chi connectivity index (χ2n) is 3.59. The van der Waals surface area contributed by atoms with E-state index < -0.39 is 0 Å². The summed E-state index contributed by atoms with van der Waals surface area (Å²) in [6.07, 6.45) is 0. The van der Waals surface area contributed by atoms with Crippen LogP contribution in [0.1, 0.15) is 16.6 Å². The Bertz CT molecular complexity index is 667. The van der Waals surface area contributed by atoms with Gasteiger partial charge in [-0.05, 0) is 25.1 Å². The van der Waals surface area contributed by atoms with Gasteiger partial charge in [-0.1, -0.05) is 17.5 Å². The predicted molar refractivity (Wildman–Crippen MR) is 77.0 cm³/mol. The van der Waals surface area contributed by atoms with Crippen LogP contribution >= 0.6 is 22.9 Å². The van der Waals surface area contributed by atoms with E-state index in [1.807, 2.05) is 6.07 Å². The minimum Gasteiger partial charge on any atom is -0.397 e. The molecule has 2 aromatic rings. The Labute approximate surface area is 114 Å². The molecular formula is C13H11ClN2OS. The van der Waals surface area contributed by atoms with Gasteiger partial charge in [-0.25, -0.2) is 0 Å². The molecule has 0 unspecified atom stereocenters. The van der Waals surface area contributed by atoms with Gasteiger partial charge in [-0.3, -0.25) is 4.79 Å². The number of fused-ring (bicyclic) bond motifs is 1. The molecule has 0 saturated carbocycles. The Balaban J connectivity index is 2.35. The van der Waals surface area contributed by atoms with Crippen LogP contribution in [-0.2, 0) is 0 Å². The van der Waals surface area contributed by atoms with Crippen LogP contribution in [0, 0.1) is 11.8 Å². The number of amides is 1. The van der Waals surface area contributed by atoms with Gasteiger partial charge in [0.15, 0.2) is 0 Å². The van der Waals surface area contributed by atoms with E-state index >= 15 is 0 Å². The van der Waals surface area contributed by atoms with E-state index in [1.165, 1.54) is 11.3 Å². The fraction of sp³-hybridized carbons (Fsp3) is 0.154. The number of hydrogen-bond donors (Lipinski definition) is 2. The number of rotatable bonds is 2. The molecule has 1 aromatic heterocycles. The number of nitrogen functional groups attached to an aromatic ring is 1. The van der Waals surface area contributed by atoms with Crippen molar-refractivity contribution >= 4 is 44.6 Å². The maximum Gasteiger partial charge on any atom is 0.264 e. The summed E-state index contributed by atoms with van der Waals surface area (Å²) in [6.45, 7) is 2.05. The molecule has 3 N–H and O–H groups in total. The van der Waals surface area contributed by atoms with Crippen molar-refractivity contribution in [1.29, 1.82) is 0 Å². The Hall–Kier alpha value is -1.70. The van der Waals surface area contributed by atoms with Gasteiger partial charge in [0.2, 0.25) is 0 Å². The lowest BCUT2D eigenvalue weighted by molar-refractivity contribution is 0.0963. The molecule has 1 aromatic carbocycles. The van der Waals surface area contributed by atoms with Crippen molar-refractivity contribution in [2.75, 3.05) is 12.3 Å². The molecule has 0 saturated heterocycles. The summed E-state index contributed by atoms with van der Waals surface area (Å²) in [7, 11) is 0. The number of thiophene rings is 1. The number of hydrogen-bond acceptors (Lipinski definition) is 3. The third kappa shape index (κ3) is 2.42. The number of nitrogens with two attached hydrogens (primary N) is 1. The Morgan fingerprint density at radius 3 is 3.06 bits per heavy atom. The smallest absolute Gasteiger partial charge is 0.264 e. The van der Waals surface area contributed by atoms with Crippen molar-refractivity contribution in [3.63, 3.8) is 0 Å². The Kier molecular flexibility index (Phi) is 3.75. The van der Waals surface area contributed by atoms with Crippen LogP contribution in [0.25, 0.3) is 10.1 Å². The first-order valence-electron chi connectivity index (χ1n) is 5.29. The largest absolute Gasteiger partial charge is 0.397 e. The number of carbonyl (C=O) groups excluding carboxylic acids is 1. The molecule has 5 heteroatoms. The number of halogens is 1. The highest BCUT2D eigenvalue weighted by Crippen LogP contribution is 2.34. The van der Waals surface area contributed by atoms with Crippen molar-refractivity contribution in [3.8, 4) is 11.8 Å². The minimum atomic E-state index is -0.201. The first-order chi connectivity index (χ1) is 8.63. The molecule has 0 spiro atoms. The van der Waals surface area contributed by atoms with E-state index in [4.69, 9.17) is 17.3 Å². The molecule has 0 bridgehead atoms. The highest BCUT2D eigenvalue weighted by molar-refractivity contribution is 7.21. The summed E-state index contributed by atoms with van der Waals surface area (Å²) in [5, 5.41) is 4.19. The van der Waals surface area contributed by atoms with Gasteiger partial charge < -0.3 is 11.1 Å². The molecule has 0 radical (unpaired) electrons. The Morgan fingerprint density at radius 1 is 1.56 bits per heavy atom. The predicted octanol–water partition coefficient (Wildman–Crippen LogP) is 2.89. The fourth-order valence-electron chi connectivity index (χ4n) is 1.55. The molecule has 1 heterocycles. The summed E-state index contributed by atoms with van der Waals surface area (Å²) >= 11 is 7.24. The van der Waals surface area contributed by atoms with Crippen LogP contribution < -0.4 is 11.1 Å². The SMILES string of the molecule is CC#CCNC(=O)c1sc2cc(Cl)ccc2c1N. The maximum atomic E-state index is 11.9. The number of carbonyl (C=O) groups is 1. The number of anilines is 1. The van der Waals surface area contributed by atoms with Crippen LogP contribution in [0.4, 0.5) is 5.69 Å². The molecule has 0 aliphatic carbocycles. The summed E-state index contributed by atoms with van der Waals surface area (Å²) in [6, 6.07) is 5.39. The van der Waals surface area contributed by atoms with Gasteiger partial charge >= 0.3 is 0 Å².